The Labute approximate surface area is 105 Å². The van der Waals surface area contributed by atoms with Crippen molar-refractivity contribution in [1.82, 2.24) is 10.2 Å². The van der Waals surface area contributed by atoms with Crippen LogP contribution in [0.2, 0.25) is 0 Å². The average Bonchev–Trinajstić information content (AvgIpc) is 2.38. The highest BCUT2D eigenvalue weighted by Gasteiger charge is 2.30. The van der Waals surface area contributed by atoms with Crippen molar-refractivity contribution < 1.29 is 23.1 Å². The van der Waals surface area contributed by atoms with Crippen molar-refractivity contribution in [3.63, 3.8) is 0 Å². The van der Waals surface area contributed by atoms with Crippen LogP contribution in [0.4, 0.5) is 13.2 Å². The standard InChI is InChI=1S/C12H7F3N2O2/c13-12(14,15)9-3-1-2-7(4-9)10-5-8(11(18)19)6-16-17-10/h1-6H,(H,18,19). The summed E-state index contributed by atoms with van der Waals surface area (Å²) < 4.78 is 37.7. The molecule has 0 saturated heterocycles. The van der Waals surface area contributed by atoms with Gasteiger partial charge >= 0.3 is 12.1 Å². The second-order valence-corrected chi connectivity index (χ2v) is 3.71. The molecule has 7 heteroatoms. The van der Waals surface area contributed by atoms with E-state index in [1.165, 1.54) is 18.2 Å². The molecule has 0 spiro atoms. The number of nitrogens with zero attached hydrogens (tertiary/aromatic N) is 2. The minimum absolute atomic E-state index is 0.0750. The molecule has 1 aromatic heterocycles. The molecule has 0 amide bonds. The average molecular weight is 268 g/mol. The predicted octanol–water partition coefficient (Wildman–Crippen LogP) is 2.86. The van der Waals surface area contributed by atoms with Gasteiger partial charge in [-0.3, -0.25) is 0 Å². The highest BCUT2D eigenvalue weighted by Crippen LogP contribution is 2.31. The number of aromatic nitrogens is 2. The van der Waals surface area contributed by atoms with E-state index in [2.05, 4.69) is 10.2 Å². The summed E-state index contributed by atoms with van der Waals surface area (Å²) in [6, 6.07) is 5.64. The first kappa shape index (κ1) is 13.0. The molecule has 0 bridgehead atoms. The largest absolute Gasteiger partial charge is 0.478 e. The normalized spacial score (nSPS) is 11.3. The van der Waals surface area contributed by atoms with Crippen LogP contribution in [0.25, 0.3) is 11.3 Å². The maximum Gasteiger partial charge on any atom is 0.416 e. The number of alkyl halides is 3. The van der Waals surface area contributed by atoms with Crippen LogP contribution in [-0.2, 0) is 6.18 Å². The molecule has 0 radical (unpaired) electrons. The Morgan fingerprint density at radius 3 is 2.58 bits per heavy atom. The van der Waals surface area contributed by atoms with Crippen LogP contribution in [-0.4, -0.2) is 21.3 Å². The Balaban J connectivity index is 2.48. The summed E-state index contributed by atoms with van der Waals surface area (Å²) in [6.45, 7) is 0. The Kier molecular flexibility index (Phi) is 3.20. The zero-order chi connectivity index (χ0) is 14.0. The molecule has 19 heavy (non-hydrogen) atoms. The molecule has 0 saturated carbocycles. The lowest BCUT2D eigenvalue weighted by Gasteiger charge is -2.08. The van der Waals surface area contributed by atoms with Crippen molar-refractivity contribution in [2.24, 2.45) is 0 Å². The van der Waals surface area contributed by atoms with E-state index < -0.39 is 17.7 Å². The topological polar surface area (TPSA) is 63.1 Å². The lowest BCUT2D eigenvalue weighted by atomic mass is 10.1. The van der Waals surface area contributed by atoms with Crippen molar-refractivity contribution in [1.29, 1.82) is 0 Å². The fraction of sp³-hybridized carbons (Fsp3) is 0.0833. The molecule has 2 aromatic rings. The van der Waals surface area contributed by atoms with E-state index in [1.807, 2.05) is 0 Å². The third-order valence-electron chi connectivity index (χ3n) is 2.39. The summed E-state index contributed by atoms with van der Waals surface area (Å²) >= 11 is 0. The molecule has 0 atom stereocenters. The van der Waals surface area contributed by atoms with E-state index in [1.54, 1.807) is 0 Å². The zero-order valence-corrected chi connectivity index (χ0v) is 9.35. The van der Waals surface area contributed by atoms with E-state index in [9.17, 15) is 18.0 Å². The summed E-state index contributed by atoms with van der Waals surface area (Å²) in [6.07, 6.45) is -3.44. The minimum atomic E-state index is -4.46. The molecule has 0 aliphatic rings. The zero-order valence-electron chi connectivity index (χ0n) is 9.35. The van der Waals surface area contributed by atoms with Gasteiger partial charge in [-0.1, -0.05) is 12.1 Å². The summed E-state index contributed by atoms with van der Waals surface area (Å²) in [5.74, 6) is -1.22. The quantitative estimate of drug-likeness (QED) is 0.909. The van der Waals surface area contributed by atoms with E-state index in [0.29, 0.717) is 0 Å². The van der Waals surface area contributed by atoms with Crippen LogP contribution < -0.4 is 0 Å². The molecule has 0 unspecified atom stereocenters. The molecule has 1 aromatic carbocycles. The van der Waals surface area contributed by atoms with Gasteiger partial charge in [-0.15, -0.1) is 0 Å². The van der Waals surface area contributed by atoms with E-state index in [0.717, 1.165) is 18.3 Å². The smallest absolute Gasteiger partial charge is 0.416 e. The van der Waals surface area contributed by atoms with Gasteiger partial charge in [0.2, 0.25) is 0 Å². The monoisotopic (exact) mass is 268 g/mol. The maximum absolute atomic E-state index is 12.6. The van der Waals surface area contributed by atoms with Crippen LogP contribution in [0, 0.1) is 0 Å². The summed E-state index contributed by atoms with van der Waals surface area (Å²) in [7, 11) is 0. The molecular weight excluding hydrogens is 261 g/mol. The third-order valence-corrected chi connectivity index (χ3v) is 2.39. The number of rotatable bonds is 2. The van der Waals surface area contributed by atoms with Gasteiger partial charge in [-0.2, -0.15) is 23.4 Å². The first-order valence-corrected chi connectivity index (χ1v) is 5.11. The molecule has 4 nitrogen and oxygen atoms in total. The summed E-state index contributed by atoms with van der Waals surface area (Å²) in [4.78, 5) is 10.8. The number of hydrogen-bond donors (Lipinski definition) is 1. The van der Waals surface area contributed by atoms with E-state index in [4.69, 9.17) is 5.11 Å². The van der Waals surface area contributed by atoms with Gasteiger partial charge < -0.3 is 5.11 Å². The van der Waals surface area contributed by atoms with Gasteiger partial charge in [0.1, 0.15) is 0 Å². The highest BCUT2D eigenvalue weighted by molar-refractivity contribution is 5.88. The lowest BCUT2D eigenvalue weighted by molar-refractivity contribution is -0.137. The van der Waals surface area contributed by atoms with Gasteiger partial charge in [-0.05, 0) is 18.2 Å². The Morgan fingerprint density at radius 2 is 1.95 bits per heavy atom. The minimum Gasteiger partial charge on any atom is -0.478 e. The van der Waals surface area contributed by atoms with Crippen LogP contribution >= 0.6 is 0 Å². The summed E-state index contributed by atoms with van der Waals surface area (Å²) in [5.41, 5.74) is -0.730. The number of carboxylic acid groups (broad SMARTS) is 1. The number of benzene rings is 1. The van der Waals surface area contributed by atoms with Gasteiger partial charge in [-0.25, -0.2) is 4.79 Å². The van der Waals surface area contributed by atoms with E-state index >= 15 is 0 Å². The molecular formula is C12H7F3N2O2. The molecule has 0 aliphatic carbocycles. The maximum atomic E-state index is 12.6. The molecule has 0 aliphatic heterocycles. The second-order valence-electron chi connectivity index (χ2n) is 3.71. The predicted molar refractivity (Wildman–Crippen MR) is 59.4 cm³/mol. The van der Waals surface area contributed by atoms with Crippen LogP contribution in [0.3, 0.4) is 0 Å². The molecule has 1 N–H and O–H groups in total. The fourth-order valence-corrected chi connectivity index (χ4v) is 1.48. The third kappa shape index (κ3) is 2.87. The van der Waals surface area contributed by atoms with E-state index in [-0.39, 0.29) is 16.8 Å². The number of carbonyl (C=O) groups is 1. The number of halogens is 3. The van der Waals surface area contributed by atoms with Crippen LogP contribution in [0.15, 0.2) is 36.5 Å². The summed E-state index contributed by atoms with van der Waals surface area (Å²) in [5, 5.41) is 15.9. The molecule has 2 rings (SSSR count). The van der Waals surface area contributed by atoms with Crippen molar-refractivity contribution in [3.05, 3.63) is 47.7 Å². The van der Waals surface area contributed by atoms with Crippen molar-refractivity contribution in [2.45, 2.75) is 6.18 Å². The van der Waals surface area contributed by atoms with Crippen LogP contribution in [0.5, 0.6) is 0 Å². The molecule has 98 valence electrons. The van der Waals surface area contributed by atoms with Gasteiger partial charge in [0, 0.05) is 5.56 Å². The van der Waals surface area contributed by atoms with Gasteiger partial charge in [0.05, 0.1) is 23.0 Å². The Morgan fingerprint density at radius 1 is 1.21 bits per heavy atom. The van der Waals surface area contributed by atoms with Crippen LogP contribution in [0.1, 0.15) is 15.9 Å². The highest BCUT2D eigenvalue weighted by atomic mass is 19.4. The lowest BCUT2D eigenvalue weighted by Crippen LogP contribution is -2.05. The number of hydrogen-bond acceptors (Lipinski definition) is 3. The second kappa shape index (κ2) is 4.68. The van der Waals surface area contributed by atoms with Crippen molar-refractivity contribution in [2.75, 3.05) is 0 Å². The Bertz CT molecular complexity index is 626. The van der Waals surface area contributed by atoms with Gasteiger partial charge in [0.15, 0.2) is 0 Å². The fourth-order valence-electron chi connectivity index (χ4n) is 1.48. The van der Waals surface area contributed by atoms with Crippen molar-refractivity contribution >= 4 is 5.97 Å². The number of aromatic carboxylic acids is 1. The van der Waals surface area contributed by atoms with Gasteiger partial charge in [0.25, 0.3) is 0 Å². The Hall–Kier alpha value is -2.44. The first-order valence-electron chi connectivity index (χ1n) is 5.11. The molecule has 1 heterocycles. The number of carboxylic acids is 1. The molecule has 0 fully saturated rings. The van der Waals surface area contributed by atoms with Crippen molar-refractivity contribution in [3.8, 4) is 11.3 Å². The first-order chi connectivity index (χ1) is 8.88. The SMILES string of the molecule is O=C(O)c1cnnc(-c2cccc(C(F)(F)F)c2)c1.